The van der Waals surface area contributed by atoms with E-state index in [1.54, 1.807) is 0 Å². The molecule has 2 aliphatic carbocycles. The molecule has 2 aliphatic rings. The SMILES string of the molecule is O=C(O)CCCC=CC[C@H]1[C@H](O)CC[C@H]1C=CC(O)C1CCCCC1. The van der Waals surface area contributed by atoms with E-state index < -0.39 is 5.97 Å². The van der Waals surface area contributed by atoms with Crippen LogP contribution in [0.1, 0.15) is 70.6 Å². The molecule has 0 aromatic rings. The van der Waals surface area contributed by atoms with Gasteiger partial charge in [0.25, 0.3) is 0 Å². The predicted molar refractivity (Wildman–Crippen MR) is 99.2 cm³/mol. The molecule has 0 aliphatic heterocycles. The summed E-state index contributed by atoms with van der Waals surface area (Å²) in [5.74, 6) is 0.202. The maximum Gasteiger partial charge on any atom is 0.303 e. The largest absolute Gasteiger partial charge is 0.481 e. The molecule has 0 saturated heterocycles. The molecule has 4 nitrogen and oxygen atoms in total. The highest BCUT2D eigenvalue weighted by Crippen LogP contribution is 2.36. The van der Waals surface area contributed by atoms with Gasteiger partial charge in [-0.3, -0.25) is 4.79 Å². The third-order valence-corrected chi connectivity index (χ3v) is 5.86. The van der Waals surface area contributed by atoms with Crippen LogP contribution in [-0.4, -0.2) is 33.5 Å². The summed E-state index contributed by atoms with van der Waals surface area (Å²) < 4.78 is 0. The Balaban J connectivity index is 1.77. The van der Waals surface area contributed by atoms with Crippen LogP contribution in [0.2, 0.25) is 0 Å². The van der Waals surface area contributed by atoms with Gasteiger partial charge in [-0.2, -0.15) is 0 Å². The number of carboxylic acids is 1. The Morgan fingerprint density at radius 3 is 2.56 bits per heavy atom. The van der Waals surface area contributed by atoms with E-state index in [-0.39, 0.29) is 24.5 Å². The topological polar surface area (TPSA) is 77.8 Å². The van der Waals surface area contributed by atoms with E-state index in [9.17, 15) is 15.0 Å². The summed E-state index contributed by atoms with van der Waals surface area (Å²) in [7, 11) is 0. The van der Waals surface area contributed by atoms with Gasteiger partial charge in [-0.05, 0) is 62.7 Å². The molecule has 1 unspecified atom stereocenters. The van der Waals surface area contributed by atoms with Crippen molar-refractivity contribution in [1.82, 2.24) is 0 Å². The second-order valence-corrected chi connectivity index (χ2v) is 7.74. The Kier molecular flexibility index (Phi) is 8.70. The van der Waals surface area contributed by atoms with Crippen molar-refractivity contribution in [2.75, 3.05) is 0 Å². The van der Waals surface area contributed by atoms with Crippen LogP contribution in [0.3, 0.4) is 0 Å². The fraction of sp³-hybridized carbons (Fsp3) is 0.762. The highest BCUT2D eigenvalue weighted by Gasteiger charge is 2.32. The predicted octanol–water partition coefficient (Wildman–Crippen LogP) is 4.07. The molecule has 0 radical (unpaired) electrons. The van der Waals surface area contributed by atoms with E-state index in [2.05, 4.69) is 12.2 Å². The van der Waals surface area contributed by atoms with E-state index in [1.165, 1.54) is 19.3 Å². The molecule has 0 bridgehead atoms. The molecular weight excluding hydrogens is 316 g/mol. The van der Waals surface area contributed by atoms with Gasteiger partial charge in [0.1, 0.15) is 0 Å². The lowest BCUT2D eigenvalue weighted by atomic mass is 9.84. The molecule has 2 saturated carbocycles. The lowest BCUT2D eigenvalue weighted by Crippen LogP contribution is -2.22. The van der Waals surface area contributed by atoms with Gasteiger partial charge in [-0.25, -0.2) is 0 Å². The highest BCUT2D eigenvalue weighted by molar-refractivity contribution is 5.66. The van der Waals surface area contributed by atoms with Crippen molar-refractivity contribution in [3.05, 3.63) is 24.3 Å². The maximum atomic E-state index is 10.5. The van der Waals surface area contributed by atoms with Crippen LogP contribution >= 0.6 is 0 Å². The number of allylic oxidation sites excluding steroid dienone is 3. The first-order valence-corrected chi connectivity index (χ1v) is 9.99. The Bertz CT molecular complexity index is 451. The third kappa shape index (κ3) is 6.95. The van der Waals surface area contributed by atoms with Crippen LogP contribution in [0.15, 0.2) is 24.3 Å². The first-order chi connectivity index (χ1) is 12.1. The first-order valence-electron chi connectivity index (χ1n) is 9.99. The van der Waals surface area contributed by atoms with Crippen molar-refractivity contribution < 1.29 is 20.1 Å². The molecule has 4 heteroatoms. The van der Waals surface area contributed by atoms with Crippen molar-refractivity contribution in [2.45, 2.75) is 82.8 Å². The van der Waals surface area contributed by atoms with Crippen LogP contribution in [-0.2, 0) is 4.79 Å². The minimum atomic E-state index is -0.749. The number of unbranched alkanes of at least 4 members (excludes halogenated alkanes) is 1. The van der Waals surface area contributed by atoms with Crippen molar-refractivity contribution >= 4 is 5.97 Å². The van der Waals surface area contributed by atoms with Gasteiger partial charge >= 0.3 is 5.97 Å². The number of aliphatic carboxylic acids is 1. The molecule has 0 heterocycles. The van der Waals surface area contributed by atoms with Gasteiger partial charge in [-0.15, -0.1) is 0 Å². The monoisotopic (exact) mass is 350 g/mol. The van der Waals surface area contributed by atoms with E-state index in [0.29, 0.717) is 18.3 Å². The average molecular weight is 350 g/mol. The molecule has 3 N–H and O–H groups in total. The summed E-state index contributed by atoms with van der Waals surface area (Å²) in [6.07, 6.45) is 17.9. The van der Waals surface area contributed by atoms with Crippen molar-refractivity contribution in [3.8, 4) is 0 Å². The molecule has 142 valence electrons. The van der Waals surface area contributed by atoms with Crippen LogP contribution in [0.4, 0.5) is 0 Å². The Morgan fingerprint density at radius 1 is 1.08 bits per heavy atom. The fourth-order valence-electron chi connectivity index (χ4n) is 4.28. The minimum absolute atomic E-state index is 0.209. The Morgan fingerprint density at radius 2 is 1.84 bits per heavy atom. The summed E-state index contributed by atoms with van der Waals surface area (Å²) in [5.41, 5.74) is 0. The zero-order valence-electron chi connectivity index (χ0n) is 15.2. The molecule has 2 fully saturated rings. The third-order valence-electron chi connectivity index (χ3n) is 5.86. The fourth-order valence-corrected chi connectivity index (χ4v) is 4.28. The number of carboxylic acid groups (broad SMARTS) is 1. The highest BCUT2D eigenvalue weighted by atomic mass is 16.4. The van der Waals surface area contributed by atoms with Gasteiger partial charge in [0, 0.05) is 6.42 Å². The van der Waals surface area contributed by atoms with Gasteiger partial charge in [-0.1, -0.05) is 43.6 Å². The quantitative estimate of drug-likeness (QED) is 0.433. The van der Waals surface area contributed by atoms with Crippen LogP contribution in [0, 0.1) is 17.8 Å². The van der Waals surface area contributed by atoms with Crippen LogP contribution in [0.25, 0.3) is 0 Å². The van der Waals surface area contributed by atoms with Gasteiger partial charge in [0.15, 0.2) is 0 Å². The number of aliphatic hydroxyl groups is 2. The van der Waals surface area contributed by atoms with Gasteiger partial charge in [0.2, 0.25) is 0 Å². The van der Waals surface area contributed by atoms with Crippen molar-refractivity contribution in [1.29, 1.82) is 0 Å². The van der Waals surface area contributed by atoms with E-state index in [0.717, 1.165) is 38.5 Å². The second kappa shape index (κ2) is 10.8. The molecule has 25 heavy (non-hydrogen) atoms. The smallest absolute Gasteiger partial charge is 0.303 e. The molecule has 0 aromatic heterocycles. The number of carbonyl (C=O) groups is 1. The minimum Gasteiger partial charge on any atom is -0.481 e. The normalized spacial score (nSPS) is 29.6. The van der Waals surface area contributed by atoms with Crippen LogP contribution < -0.4 is 0 Å². The molecular formula is C21H34O4. The summed E-state index contributed by atoms with van der Waals surface area (Å²) in [6.45, 7) is 0. The van der Waals surface area contributed by atoms with E-state index in [4.69, 9.17) is 5.11 Å². The summed E-state index contributed by atoms with van der Waals surface area (Å²) in [6, 6.07) is 0. The van der Waals surface area contributed by atoms with Crippen molar-refractivity contribution in [3.63, 3.8) is 0 Å². The number of aliphatic hydroxyl groups excluding tert-OH is 2. The molecule has 0 amide bonds. The lowest BCUT2D eigenvalue weighted by Gasteiger charge is -2.25. The van der Waals surface area contributed by atoms with Crippen LogP contribution in [0.5, 0.6) is 0 Å². The molecule has 0 spiro atoms. The van der Waals surface area contributed by atoms with Gasteiger partial charge < -0.3 is 15.3 Å². The Labute approximate surface area is 151 Å². The van der Waals surface area contributed by atoms with Gasteiger partial charge in [0.05, 0.1) is 12.2 Å². The number of hydrogen-bond acceptors (Lipinski definition) is 3. The summed E-state index contributed by atoms with van der Waals surface area (Å²) >= 11 is 0. The zero-order chi connectivity index (χ0) is 18.1. The summed E-state index contributed by atoms with van der Waals surface area (Å²) in [4.78, 5) is 10.5. The van der Waals surface area contributed by atoms with E-state index in [1.807, 2.05) is 12.2 Å². The molecule has 0 aromatic carbocycles. The second-order valence-electron chi connectivity index (χ2n) is 7.74. The van der Waals surface area contributed by atoms with Crippen molar-refractivity contribution in [2.24, 2.45) is 17.8 Å². The molecule has 4 atom stereocenters. The number of hydrogen-bond donors (Lipinski definition) is 3. The maximum absolute atomic E-state index is 10.5. The zero-order valence-corrected chi connectivity index (χ0v) is 15.2. The Hall–Kier alpha value is -1.13. The first kappa shape index (κ1) is 20.2. The number of rotatable bonds is 9. The standard InChI is InChI=1S/C21H34O4/c22-19(17-8-4-3-5-9-17)14-12-16-13-15-20(23)18(16)10-6-1-2-7-11-21(24)25/h1,6,12,14,16-20,22-23H,2-5,7-11,13,15H2,(H,24,25)/t16-,18-,19?,20-/m1/s1. The summed E-state index contributed by atoms with van der Waals surface area (Å²) in [5, 5.41) is 29.3. The average Bonchev–Trinajstić information content (AvgIpc) is 2.96. The van der Waals surface area contributed by atoms with E-state index >= 15 is 0 Å². The molecule has 2 rings (SSSR count). The lowest BCUT2D eigenvalue weighted by molar-refractivity contribution is -0.137.